The second-order valence-electron chi connectivity index (χ2n) is 5.16. The predicted octanol–water partition coefficient (Wildman–Crippen LogP) is 2.79. The van der Waals surface area contributed by atoms with Crippen LogP contribution >= 0.6 is 0 Å². The summed E-state index contributed by atoms with van der Waals surface area (Å²) in [5.74, 6) is 0.959. The van der Waals surface area contributed by atoms with Crippen molar-refractivity contribution in [2.45, 2.75) is 38.2 Å². The molecule has 2 N–H and O–H groups in total. The highest BCUT2D eigenvalue weighted by atomic mass is 16.6. The van der Waals surface area contributed by atoms with Gasteiger partial charge in [-0.25, -0.2) is 4.98 Å². The summed E-state index contributed by atoms with van der Waals surface area (Å²) in [6.07, 6.45) is 6.44. The van der Waals surface area contributed by atoms with Crippen LogP contribution in [0.25, 0.3) is 0 Å². The van der Waals surface area contributed by atoms with E-state index in [0.29, 0.717) is 30.9 Å². The highest BCUT2D eigenvalue weighted by molar-refractivity contribution is 5.54. The van der Waals surface area contributed by atoms with Crippen molar-refractivity contribution >= 4 is 17.3 Å². The maximum Gasteiger partial charge on any atom is 0.276 e. The zero-order valence-electron chi connectivity index (χ0n) is 12.3. The minimum absolute atomic E-state index is 0.0186. The number of rotatable bonds is 7. The van der Waals surface area contributed by atoms with Crippen molar-refractivity contribution in [3.63, 3.8) is 0 Å². The number of anilines is 2. The number of ether oxygens (including phenoxy) is 1. The molecule has 0 spiro atoms. The molecular weight excluding hydrogens is 272 g/mol. The van der Waals surface area contributed by atoms with Crippen LogP contribution in [-0.4, -0.2) is 36.2 Å². The van der Waals surface area contributed by atoms with Crippen LogP contribution in [0.2, 0.25) is 0 Å². The lowest BCUT2D eigenvalue weighted by Gasteiger charge is -2.22. The minimum Gasteiger partial charge on any atom is -0.376 e. The summed E-state index contributed by atoms with van der Waals surface area (Å²) >= 11 is 0. The Labute approximate surface area is 124 Å². The van der Waals surface area contributed by atoms with Crippen LogP contribution < -0.4 is 10.6 Å². The third-order valence-corrected chi connectivity index (χ3v) is 3.59. The molecule has 0 radical (unpaired) electrons. The highest BCUT2D eigenvalue weighted by Gasteiger charge is 2.13. The molecule has 1 aliphatic carbocycles. The van der Waals surface area contributed by atoms with E-state index in [4.69, 9.17) is 4.74 Å². The number of hydrogen-bond acceptors (Lipinski definition) is 6. The van der Waals surface area contributed by atoms with Crippen molar-refractivity contribution in [2.75, 3.05) is 30.8 Å². The maximum absolute atomic E-state index is 10.9. The van der Waals surface area contributed by atoms with Gasteiger partial charge in [-0.15, -0.1) is 0 Å². The van der Waals surface area contributed by atoms with E-state index in [9.17, 15) is 10.1 Å². The lowest BCUT2D eigenvalue weighted by atomic mass is 9.98. The summed E-state index contributed by atoms with van der Waals surface area (Å²) in [5, 5.41) is 16.7. The van der Waals surface area contributed by atoms with Crippen molar-refractivity contribution in [3.05, 3.63) is 22.2 Å². The standard InChI is InChI=1S/C14H22N4O3/c1-15-13-9-11(18(19)20)10-14(17-13)16-7-8-21-12-5-3-2-4-6-12/h9-10,12H,2-8H2,1H3,(H2,15,16,17). The van der Waals surface area contributed by atoms with Crippen LogP contribution in [0, 0.1) is 10.1 Å². The Bertz CT molecular complexity index is 475. The van der Waals surface area contributed by atoms with Gasteiger partial charge in [0, 0.05) is 13.6 Å². The van der Waals surface area contributed by atoms with Gasteiger partial charge in [-0.05, 0) is 12.8 Å². The van der Waals surface area contributed by atoms with Crippen LogP contribution in [0.5, 0.6) is 0 Å². The van der Waals surface area contributed by atoms with Crippen molar-refractivity contribution in [1.29, 1.82) is 0 Å². The third kappa shape index (κ3) is 4.86. The number of pyridine rings is 1. The second-order valence-corrected chi connectivity index (χ2v) is 5.16. The number of nitro groups is 1. The van der Waals surface area contributed by atoms with E-state index in [0.717, 1.165) is 12.8 Å². The van der Waals surface area contributed by atoms with Gasteiger partial charge in [-0.2, -0.15) is 0 Å². The summed E-state index contributed by atoms with van der Waals surface area (Å²) in [5.41, 5.74) is 0.0186. The van der Waals surface area contributed by atoms with Crippen LogP contribution in [0.3, 0.4) is 0 Å². The molecule has 0 aliphatic heterocycles. The van der Waals surface area contributed by atoms with Gasteiger partial charge >= 0.3 is 0 Å². The number of nitrogens with one attached hydrogen (secondary N) is 2. The smallest absolute Gasteiger partial charge is 0.276 e. The van der Waals surface area contributed by atoms with Gasteiger partial charge in [-0.1, -0.05) is 19.3 Å². The van der Waals surface area contributed by atoms with Crippen molar-refractivity contribution in [2.24, 2.45) is 0 Å². The van der Waals surface area contributed by atoms with E-state index in [2.05, 4.69) is 15.6 Å². The summed E-state index contributed by atoms with van der Waals surface area (Å²) in [4.78, 5) is 14.7. The summed E-state index contributed by atoms with van der Waals surface area (Å²) < 4.78 is 5.80. The van der Waals surface area contributed by atoms with Crippen LogP contribution in [0.15, 0.2) is 12.1 Å². The molecule has 1 saturated carbocycles. The normalized spacial score (nSPS) is 15.7. The largest absolute Gasteiger partial charge is 0.376 e. The first-order valence-electron chi connectivity index (χ1n) is 7.39. The molecule has 0 atom stereocenters. The van der Waals surface area contributed by atoms with E-state index in [1.54, 1.807) is 7.05 Å². The minimum atomic E-state index is -0.424. The molecule has 1 heterocycles. The molecule has 0 unspecified atom stereocenters. The van der Waals surface area contributed by atoms with E-state index < -0.39 is 4.92 Å². The molecule has 21 heavy (non-hydrogen) atoms. The Hall–Kier alpha value is -1.89. The molecule has 7 heteroatoms. The molecule has 0 bridgehead atoms. The Kier molecular flexibility index (Phi) is 5.74. The molecule has 2 rings (SSSR count). The number of hydrogen-bond donors (Lipinski definition) is 2. The van der Waals surface area contributed by atoms with Gasteiger partial charge in [0.05, 0.1) is 29.8 Å². The van der Waals surface area contributed by atoms with Crippen molar-refractivity contribution in [3.8, 4) is 0 Å². The fourth-order valence-corrected chi connectivity index (χ4v) is 2.48. The average Bonchev–Trinajstić information content (AvgIpc) is 2.52. The van der Waals surface area contributed by atoms with E-state index in [-0.39, 0.29) is 5.69 Å². The predicted molar refractivity (Wildman–Crippen MR) is 81.8 cm³/mol. The van der Waals surface area contributed by atoms with Gasteiger partial charge < -0.3 is 15.4 Å². The van der Waals surface area contributed by atoms with Crippen molar-refractivity contribution < 1.29 is 9.66 Å². The number of aromatic nitrogens is 1. The summed E-state index contributed by atoms with van der Waals surface area (Å²) in [6, 6.07) is 2.84. The summed E-state index contributed by atoms with van der Waals surface area (Å²) in [7, 11) is 1.68. The molecule has 1 aliphatic rings. The monoisotopic (exact) mass is 294 g/mol. The van der Waals surface area contributed by atoms with Gasteiger partial charge in [-0.3, -0.25) is 10.1 Å². The molecule has 0 amide bonds. The summed E-state index contributed by atoms with van der Waals surface area (Å²) in [6.45, 7) is 1.18. The lowest BCUT2D eigenvalue weighted by Crippen LogP contribution is -2.20. The van der Waals surface area contributed by atoms with Crippen molar-refractivity contribution in [1.82, 2.24) is 4.98 Å². The van der Waals surface area contributed by atoms with Gasteiger partial charge in [0.2, 0.25) is 0 Å². The molecule has 0 aromatic carbocycles. The van der Waals surface area contributed by atoms with E-state index in [1.165, 1.54) is 31.4 Å². The van der Waals surface area contributed by atoms with Gasteiger partial charge in [0.15, 0.2) is 0 Å². The Balaban J connectivity index is 1.81. The molecule has 0 saturated heterocycles. The SMILES string of the molecule is CNc1cc([N+](=O)[O-])cc(NCCOC2CCCCC2)n1. The van der Waals surface area contributed by atoms with Gasteiger partial charge in [0.25, 0.3) is 5.69 Å². The maximum atomic E-state index is 10.9. The molecule has 7 nitrogen and oxygen atoms in total. The fraction of sp³-hybridized carbons (Fsp3) is 0.643. The first kappa shape index (κ1) is 15.5. The van der Waals surface area contributed by atoms with E-state index >= 15 is 0 Å². The third-order valence-electron chi connectivity index (χ3n) is 3.59. The van der Waals surface area contributed by atoms with Crippen LogP contribution in [0.1, 0.15) is 32.1 Å². The lowest BCUT2D eigenvalue weighted by molar-refractivity contribution is -0.384. The van der Waals surface area contributed by atoms with Gasteiger partial charge in [0.1, 0.15) is 11.6 Å². The molecule has 1 aromatic rings. The Morgan fingerprint density at radius 2 is 2.05 bits per heavy atom. The number of nitrogens with zero attached hydrogens (tertiary/aromatic N) is 2. The second kappa shape index (κ2) is 7.78. The molecule has 1 fully saturated rings. The Morgan fingerprint density at radius 3 is 2.71 bits per heavy atom. The highest BCUT2D eigenvalue weighted by Crippen LogP contribution is 2.21. The Morgan fingerprint density at radius 1 is 1.33 bits per heavy atom. The average molecular weight is 294 g/mol. The quantitative estimate of drug-likeness (QED) is 0.456. The van der Waals surface area contributed by atoms with E-state index in [1.807, 2.05) is 0 Å². The fourth-order valence-electron chi connectivity index (χ4n) is 2.48. The topological polar surface area (TPSA) is 89.3 Å². The zero-order chi connectivity index (χ0) is 15.1. The first-order chi connectivity index (χ1) is 10.2. The molecule has 1 aromatic heterocycles. The van der Waals surface area contributed by atoms with Crippen LogP contribution in [0.4, 0.5) is 17.3 Å². The molecular formula is C14H22N4O3. The zero-order valence-corrected chi connectivity index (χ0v) is 12.3. The first-order valence-corrected chi connectivity index (χ1v) is 7.39. The van der Waals surface area contributed by atoms with Crippen LogP contribution in [-0.2, 0) is 4.74 Å². The molecule has 116 valence electrons.